The molecule has 0 bridgehead atoms. The number of rotatable bonds is 6. The van der Waals surface area contributed by atoms with E-state index in [9.17, 15) is 4.79 Å². The van der Waals surface area contributed by atoms with Crippen LogP contribution in [0.2, 0.25) is 0 Å². The van der Waals surface area contributed by atoms with Crippen LogP contribution in [-0.4, -0.2) is 17.0 Å². The Labute approximate surface area is 125 Å². The van der Waals surface area contributed by atoms with Crippen molar-refractivity contribution in [2.45, 2.75) is 32.9 Å². The number of nitrogens with zero attached hydrogens (tertiary/aromatic N) is 1. The summed E-state index contributed by atoms with van der Waals surface area (Å²) in [7, 11) is 0. The predicted molar refractivity (Wildman–Crippen MR) is 82.0 cm³/mol. The molecule has 1 atom stereocenters. The Morgan fingerprint density at radius 1 is 1.24 bits per heavy atom. The minimum Gasteiger partial charge on any atom is -0.481 e. The first-order chi connectivity index (χ1) is 10.2. The van der Waals surface area contributed by atoms with Crippen LogP contribution in [0.1, 0.15) is 25.1 Å². The van der Waals surface area contributed by atoms with Crippen molar-refractivity contribution in [3.8, 4) is 5.75 Å². The van der Waals surface area contributed by atoms with E-state index in [-0.39, 0.29) is 5.91 Å². The average Bonchev–Trinajstić information content (AvgIpc) is 2.54. The molecular formula is C17H20N2O2. The van der Waals surface area contributed by atoms with Gasteiger partial charge in [-0.05, 0) is 37.1 Å². The molecule has 1 heterocycles. The van der Waals surface area contributed by atoms with Gasteiger partial charge in [-0.25, -0.2) is 0 Å². The van der Waals surface area contributed by atoms with Gasteiger partial charge in [0.25, 0.3) is 5.91 Å². The van der Waals surface area contributed by atoms with Crippen molar-refractivity contribution in [3.05, 3.63) is 59.9 Å². The van der Waals surface area contributed by atoms with Gasteiger partial charge in [-0.2, -0.15) is 0 Å². The molecule has 110 valence electrons. The molecule has 1 aromatic carbocycles. The summed E-state index contributed by atoms with van der Waals surface area (Å²) >= 11 is 0. The second-order valence-corrected chi connectivity index (χ2v) is 4.76. The molecule has 0 saturated carbocycles. The fourth-order valence-electron chi connectivity index (χ4n) is 1.98. The minimum atomic E-state index is -0.540. The van der Waals surface area contributed by atoms with Gasteiger partial charge in [0.15, 0.2) is 6.10 Å². The third-order valence-corrected chi connectivity index (χ3v) is 3.20. The summed E-state index contributed by atoms with van der Waals surface area (Å²) in [4.78, 5) is 16.2. The SMILES string of the molecule is CCc1ccccc1O[C@H](C)C(=O)NCc1ccccn1. The molecule has 0 aliphatic carbocycles. The third kappa shape index (κ3) is 4.31. The molecule has 2 rings (SSSR count). The molecule has 0 spiro atoms. The van der Waals surface area contributed by atoms with E-state index in [1.165, 1.54) is 0 Å². The Morgan fingerprint density at radius 2 is 2.00 bits per heavy atom. The van der Waals surface area contributed by atoms with E-state index in [4.69, 9.17) is 4.74 Å². The topological polar surface area (TPSA) is 51.2 Å². The molecule has 4 nitrogen and oxygen atoms in total. The van der Waals surface area contributed by atoms with Crippen LogP contribution in [-0.2, 0) is 17.8 Å². The number of pyridine rings is 1. The van der Waals surface area contributed by atoms with Crippen molar-refractivity contribution in [2.24, 2.45) is 0 Å². The first kappa shape index (κ1) is 15.0. The van der Waals surface area contributed by atoms with Gasteiger partial charge in [-0.1, -0.05) is 31.2 Å². The lowest BCUT2D eigenvalue weighted by molar-refractivity contribution is -0.127. The number of amides is 1. The highest BCUT2D eigenvalue weighted by atomic mass is 16.5. The minimum absolute atomic E-state index is 0.147. The maximum Gasteiger partial charge on any atom is 0.261 e. The van der Waals surface area contributed by atoms with Crippen LogP contribution in [0, 0.1) is 0 Å². The Bertz CT molecular complexity index is 584. The van der Waals surface area contributed by atoms with Crippen molar-refractivity contribution in [1.82, 2.24) is 10.3 Å². The number of benzene rings is 1. The molecule has 1 aromatic heterocycles. The molecule has 4 heteroatoms. The standard InChI is InChI=1S/C17H20N2O2/c1-3-14-8-4-5-10-16(14)21-13(2)17(20)19-12-15-9-6-7-11-18-15/h4-11,13H,3,12H2,1-2H3,(H,19,20)/t13-/m1/s1. The lowest BCUT2D eigenvalue weighted by atomic mass is 10.1. The average molecular weight is 284 g/mol. The maximum absolute atomic E-state index is 12.1. The Balaban J connectivity index is 1.90. The van der Waals surface area contributed by atoms with Gasteiger partial charge in [-0.3, -0.25) is 9.78 Å². The summed E-state index contributed by atoms with van der Waals surface area (Å²) in [6, 6.07) is 13.4. The third-order valence-electron chi connectivity index (χ3n) is 3.20. The summed E-state index contributed by atoms with van der Waals surface area (Å²) in [5.41, 5.74) is 1.92. The van der Waals surface area contributed by atoms with Crippen LogP contribution in [0.25, 0.3) is 0 Å². The number of hydrogen-bond acceptors (Lipinski definition) is 3. The van der Waals surface area contributed by atoms with E-state index < -0.39 is 6.10 Å². The van der Waals surface area contributed by atoms with E-state index in [0.29, 0.717) is 6.54 Å². The van der Waals surface area contributed by atoms with Gasteiger partial charge < -0.3 is 10.1 Å². The zero-order chi connectivity index (χ0) is 15.1. The highest BCUT2D eigenvalue weighted by Crippen LogP contribution is 2.19. The number of aryl methyl sites for hydroxylation is 1. The number of carbonyl (C=O) groups is 1. The van der Waals surface area contributed by atoms with E-state index in [1.807, 2.05) is 42.5 Å². The molecule has 0 fully saturated rings. The molecule has 0 aliphatic heterocycles. The Kier molecular flexibility index (Phi) is 5.32. The second kappa shape index (κ2) is 7.43. The predicted octanol–water partition coefficient (Wildman–Crippen LogP) is 2.73. The molecule has 0 radical (unpaired) electrons. The molecule has 21 heavy (non-hydrogen) atoms. The van der Waals surface area contributed by atoms with E-state index in [2.05, 4.69) is 17.2 Å². The molecule has 1 amide bonds. The molecule has 0 aliphatic rings. The van der Waals surface area contributed by atoms with Crippen molar-refractivity contribution in [1.29, 1.82) is 0 Å². The van der Waals surface area contributed by atoms with Crippen LogP contribution in [0.3, 0.4) is 0 Å². The number of aromatic nitrogens is 1. The molecule has 2 aromatic rings. The van der Waals surface area contributed by atoms with Crippen LogP contribution >= 0.6 is 0 Å². The van der Waals surface area contributed by atoms with Gasteiger partial charge in [0.05, 0.1) is 12.2 Å². The molecule has 0 saturated heterocycles. The highest BCUT2D eigenvalue weighted by Gasteiger charge is 2.15. The van der Waals surface area contributed by atoms with Crippen LogP contribution in [0.5, 0.6) is 5.75 Å². The van der Waals surface area contributed by atoms with Crippen LogP contribution in [0.4, 0.5) is 0 Å². The molecule has 1 N–H and O–H groups in total. The fraction of sp³-hybridized carbons (Fsp3) is 0.294. The van der Waals surface area contributed by atoms with E-state index in [1.54, 1.807) is 13.1 Å². The fourth-order valence-corrected chi connectivity index (χ4v) is 1.98. The monoisotopic (exact) mass is 284 g/mol. The number of nitrogens with one attached hydrogen (secondary N) is 1. The van der Waals surface area contributed by atoms with Crippen LogP contribution < -0.4 is 10.1 Å². The van der Waals surface area contributed by atoms with Gasteiger partial charge in [0.2, 0.25) is 0 Å². The number of hydrogen-bond donors (Lipinski definition) is 1. The van der Waals surface area contributed by atoms with E-state index >= 15 is 0 Å². The molecule has 0 unspecified atom stereocenters. The zero-order valence-electron chi connectivity index (χ0n) is 12.4. The van der Waals surface area contributed by atoms with E-state index in [0.717, 1.165) is 23.4 Å². The lowest BCUT2D eigenvalue weighted by Gasteiger charge is -2.16. The van der Waals surface area contributed by atoms with Crippen molar-refractivity contribution in [2.75, 3.05) is 0 Å². The van der Waals surface area contributed by atoms with Gasteiger partial charge in [-0.15, -0.1) is 0 Å². The Hall–Kier alpha value is -2.36. The quantitative estimate of drug-likeness (QED) is 0.887. The first-order valence-corrected chi connectivity index (χ1v) is 7.13. The Morgan fingerprint density at radius 3 is 2.71 bits per heavy atom. The van der Waals surface area contributed by atoms with Gasteiger partial charge in [0.1, 0.15) is 5.75 Å². The zero-order valence-corrected chi connectivity index (χ0v) is 12.4. The van der Waals surface area contributed by atoms with Gasteiger partial charge in [0, 0.05) is 6.20 Å². The number of para-hydroxylation sites is 1. The van der Waals surface area contributed by atoms with Crippen molar-refractivity contribution >= 4 is 5.91 Å². The highest BCUT2D eigenvalue weighted by molar-refractivity contribution is 5.80. The first-order valence-electron chi connectivity index (χ1n) is 7.13. The largest absolute Gasteiger partial charge is 0.481 e. The van der Waals surface area contributed by atoms with Crippen molar-refractivity contribution in [3.63, 3.8) is 0 Å². The second-order valence-electron chi connectivity index (χ2n) is 4.76. The van der Waals surface area contributed by atoms with Crippen molar-refractivity contribution < 1.29 is 9.53 Å². The number of ether oxygens (including phenoxy) is 1. The van der Waals surface area contributed by atoms with Gasteiger partial charge >= 0.3 is 0 Å². The lowest BCUT2D eigenvalue weighted by Crippen LogP contribution is -2.36. The smallest absolute Gasteiger partial charge is 0.261 e. The summed E-state index contributed by atoms with van der Waals surface area (Å²) in [6.07, 6.45) is 2.04. The summed E-state index contributed by atoms with van der Waals surface area (Å²) in [6.45, 7) is 4.22. The number of carbonyl (C=O) groups excluding carboxylic acids is 1. The van der Waals surface area contributed by atoms with Crippen LogP contribution in [0.15, 0.2) is 48.7 Å². The summed E-state index contributed by atoms with van der Waals surface area (Å²) in [5.74, 6) is 0.618. The normalized spacial score (nSPS) is 11.7. The summed E-state index contributed by atoms with van der Waals surface area (Å²) in [5, 5.41) is 2.83. The maximum atomic E-state index is 12.1. The molecular weight excluding hydrogens is 264 g/mol. The summed E-state index contributed by atoms with van der Waals surface area (Å²) < 4.78 is 5.75.